The number of amides is 1. The molecule has 27 heavy (non-hydrogen) atoms. The quantitative estimate of drug-likeness (QED) is 0.389. The number of piperidine rings is 1. The Morgan fingerprint density at radius 2 is 2.04 bits per heavy atom. The number of hydrogen-bond donors (Lipinski definition) is 2. The first-order valence-corrected chi connectivity index (χ1v) is 9.62. The van der Waals surface area contributed by atoms with Crippen LogP contribution in [0.1, 0.15) is 51.5 Å². The third-order valence-electron chi connectivity index (χ3n) is 5.08. The van der Waals surface area contributed by atoms with E-state index in [1.54, 1.807) is 0 Å². The largest absolute Gasteiger partial charge is 0.465 e. The highest BCUT2D eigenvalue weighted by Gasteiger charge is 2.50. The topological polar surface area (TPSA) is 88.1 Å². The lowest BCUT2D eigenvalue weighted by atomic mass is 9.83. The van der Waals surface area contributed by atoms with Crippen molar-refractivity contribution in [2.45, 2.75) is 64.1 Å². The van der Waals surface area contributed by atoms with Crippen molar-refractivity contribution in [3.05, 3.63) is 35.9 Å². The molecule has 0 aromatic heterocycles. The second-order valence-corrected chi connectivity index (χ2v) is 6.90. The van der Waals surface area contributed by atoms with Gasteiger partial charge in [-0.2, -0.15) is 5.48 Å². The molecule has 1 heterocycles. The summed E-state index contributed by atoms with van der Waals surface area (Å²) in [6.07, 6.45) is 2.01. The monoisotopic (exact) mass is 378 g/mol. The lowest BCUT2D eigenvalue weighted by Crippen LogP contribution is -2.63. The van der Waals surface area contributed by atoms with Crippen molar-refractivity contribution in [2.24, 2.45) is 0 Å². The minimum absolute atomic E-state index is 0.173. The highest BCUT2D eigenvalue weighted by molar-refractivity contribution is 5.85. The molecule has 1 aliphatic rings. The van der Waals surface area contributed by atoms with Crippen molar-refractivity contribution >= 4 is 12.1 Å². The number of unbranched alkanes of at least 4 members (excludes halogenated alkanes) is 1. The number of hydrogen-bond acceptors (Lipinski definition) is 5. The Balaban J connectivity index is 1.96. The average molecular weight is 378 g/mol. The van der Waals surface area contributed by atoms with Gasteiger partial charge in [0.15, 0.2) is 0 Å². The number of carbonyl (C=O) groups excluding carboxylic acids is 1. The smallest absolute Gasteiger partial charge is 0.408 e. The van der Waals surface area contributed by atoms with Gasteiger partial charge in [-0.3, -0.25) is 9.74 Å². The Hall–Kier alpha value is -2.12. The van der Waals surface area contributed by atoms with Gasteiger partial charge in [0.1, 0.15) is 5.54 Å². The van der Waals surface area contributed by atoms with Crippen LogP contribution in [0.5, 0.6) is 0 Å². The first-order valence-electron chi connectivity index (χ1n) is 9.62. The van der Waals surface area contributed by atoms with Gasteiger partial charge < -0.3 is 9.84 Å². The SMILES string of the molecule is CCCCOC(=O)C1(CC)CCC(NOCc2ccccc2)CN1C(=O)O. The fraction of sp³-hybridized carbons (Fsp3) is 0.600. The maximum Gasteiger partial charge on any atom is 0.408 e. The van der Waals surface area contributed by atoms with Crippen molar-refractivity contribution in [2.75, 3.05) is 13.2 Å². The zero-order valence-corrected chi connectivity index (χ0v) is 16.1. The lowest BCUT2D eigenvalue weighted by Gasteiger charge is -2.45. The van der Waals surface area contributed by atoms with Gasteiger partial charge in [-0.25, -0.2) is 9.59 Å². The van der Waals surface area contributed by atoms with E-state index in [1.807, 2.05) is 44.2 Å². The molecule has 7 nitrogen and oxygen atoms in total. The van der Waals surface area contributed by atoms with Crippen LogP contribution < -0.4 is 5.48 Å². The predicted octanol–water partition coefficient (Wildman–Crippen LogP) is 3.34. The van der Waals surface area contributed by atoms with E-state index in [-0.39, 0.29) is 12.6 Å². The summed E-state index contributed by atoms with van der Waals surface area (Å²) in [7, 11) is 0. The molecule has 1 saturated heterocycles. The van der Waals surface area contributed by atoms with Gasteiger partial charge in [0, 0.05) is 6.54 Å². The Bertz CT molecular complexity index is 610. The molecule has 2 atom stereocenters. The van der Waals surface area contributed by atoms with Gasteiger partial charge in [-0.05, 0) is 31.2 Å². The van der Waals surface area contributed by atoms with Crippen LogP contribution in [0.2, 0.25) is 0 Å². The summed E-state index contributed by atoms with van der Waals surface area (Å²) in [5.74, 6) is -0.440. The number of likely N-dealkylation sites (tertiary alicyclic amines) is 1. The summed E-state index contributed by atoms with van der Waals surface area (Å²) in [6, 6.07) is 9.55. The van der Waals surface area contributed by atoms with Gasteiger partial charge in [0.05, 0.1) is 19.3 Å². The number of ether oxygens (including phenoxy) is 1. The third kappa shape index (κ3) is 5.43. The molecular formula is C20H30N2O5. The predicted molar refractivity (Wildman–Crippen MR) is 101 cm³/mol. The molecule has 0 radical (unpaired) electrons. The fourth-order valence-corrected chi connectivity index (χ4v) is 3.38. The Morgan fingerprint density at radius 3 is 2.67 bits per heavy atom. The third-order valence-corrected chi connectivity index (χ3v) is 5.08. The molecule has 1 aromatic rings. The highest BCUT2D eigenvalue weighted by Crippen LogP contribution is 2.33. The summed E-state index contributed by atoms with van der Waals surface area (Å²) in [4.78, 5) is 31.3. The Labute approximate surface area is 160 Å². The van der Waals surface area contributed by atoms with Gasteiger partial charge >= 0.3 is 12.1 Å². The van der Waals surface area contributed by atoms with Gasteiger partial charge in [-0.15, -0.1) is 0 Å². The van der Waals surface area contributed by atoms with E-state index in [1.165, 1.54) is 4.90 Å². The summed E-state index contributed by atoms with van der Waals surface area (Å²) in [6.45, 7) is 4.74. The maximum absolute atomic E-state index is 12.7. The van der Waals surface area contributed by atoms with Crippen LogP contribution in [0.4, 0.5) is 4.79 Å². The van der Waals surface area contributed by atoms with E-state index in [2.05, 4.69) is 5.48 Å². The maximum atomic E-state index is 12.7. The van der Waals surface area contributed by atoms with E-state index < -0.39 is 17.6 Å². The molecule has 0 saturated carbocycles. The lowest BCUT2D eigenvalue weighted by molar-refractivity contribution is -0.161. The molecule has 7 heteroatoms. The fourth-order valence-electron chi connectivity index (χ4n) is 3.38. The van der Waals surface area contributed by atoms with Crippen LogP contribution in [-0.2, 0) is 21.0 Å². The van der Waals surface area contributed by atoms with Crippen LogP contribution >= 0.6 is 0 Å². The van der Waals surface area contributed by atoms with Gasteiger partial charge in [0.2, 0.25) is 0 Å². The zero-order chi connectivity index (χ0) is 19.7. The molecule has 150 valence electrons. The van der Waals surface area contributed by atoms with Crippen LogP contribution in [0.25, 0.3) is 0 Å². The number of hydroxylamine groups is 1. The summed E-state index contributed by atoms with van der Waals surface area (Å²) in [5.41, 5.74) is 2.86. The number of benzene rings is 1. The summed E-state index contributed by atoms with van der Waals surface area (Å²) in [5, 5.41) is 9.70. The second-order valence-electron chi connectivity index (χ2n) is 6.90. The molecule has 1 fully saturated rings. The van der Waals surface area contributed by atoms with Crippen LogP contribution in [0.3, 0.4) is 0 Å². The van der Waals surface area contributed by atoms with Crippen LogP contribution in [0.15, 0.2) is 30.3 Å². The van der Waals surface area contributed by atoms with Crippen molar-refractivity contribution in [3.8, 4) is 0 Å². The number of nitrogens with zero attached hydrogens (tertiary/aromatic N) is 1. The summed E-state index contributed by atoms with van der Waals surface area (Å²) < 4.78 is 5.38. The molecule has 2 rings (SSSR count). The minimum Gasteiger partial charge on any atom is -0.465 e. The van der Waals surface area contributed by atoms with E-state index in [4.69, 9.17) is 9.57 Å². The highest BCUT2D eigenvalue weighted by atomic mass is 16.6. The van der Waals surface area contributed by atoms with Gasteiger partial charge in [0.25, 0.3) is 0 Å². The number of carboxylic acid groups (broad SMARTS) is 1. The van der Waals surface area contributed by atoms with Crippen molar-refractivity contribution in [1.29, 1.82) is 0 Å². The Morgan fingerprint density at radius 1 is 1.30 bits per heavy atom. The first-order chi connectivity index (χ1) is 13.0. The first kappa shape index (κ1) is 21.2. The molecule has 0 spiro atoms. The van der Waals surface area contributed by atoms with Crippen LogP contribution in [-0.4, -0.2) is 46.8 Å². The van der Waals surface area contributed by atoms with Crippen molar-refractivity contribution in [3.63, 3.8) is 0 Å². The van der Waals surface area contributed by atoms with Gasteiger partial charge in [-0.1, -0.05) is 50.6 Å². The van der Waals surface area contributed by atoms with E-state index in [0.29, 0.717) is 32.5 Å². The van der Waals surface area contributed by atoms with E-state index in [9.17, 15) is 14.7 Å². The average Bonchev–Trinajstić information content (AvgIpc) is 2.68. The van der Waals surface area contributed by atoms with Crippen LogP contribution in [0, 0.1) is 0 Å². The molecule has 1 aliphatic heterocycles. The van der Waals surface area contributed by atoms with Crippen molar-refractivity contribution in [1.82, 2.24) is 10.4 Å². The molecule has 2 N–H and O–H groups in total. The molecule has 0 bridgehead atoms. The normalized spacial score (nSPS) is 22.4. The van der Waals surface area contributed by atoms with Crippen molar-refractivity contribution < 1.29 is 24.3 Å². The zero-order valence-electron chi connectivity index (χ0n) is 16.1. The number of nitrogens with one attached hydrogen (secondary N) is 1. The molecule has 0 aliphatic carbocycles. The molecular weight excluding hydrogens is 348 g/mol. The standard InChI is InChI=1S/C20H30N2O5/c1-3-5-13-26-18(23)20(4-2)12-11-17(14-22(20)19(24)25)21-27-15-16-9-7-6-8-10-16/h6-10,17,21H,3-5,11-15H2,1-2H3,(H,24,25). The molecule has 2 unspecified atom stereocenters. The number of carbonyl (C=O) groups is 2. The van der Waals surface area contributed by atoms with E-state index >= 15 is 0 Å². The second kappa shape index (κ2) is 10.3. The minimum atomic E-state index is -1.11. The Kier molecular flexibility index (Phi) is 8.06. The van der Waals surface area contributed by atoms with E-state index in [0.717, 1.165) is 18.4 Å². The number of rotatable bonds is 9. The number of esters is 1. The molecule has 1 amide bonds. The summed E-state index contributed by atoms with van der Waals surface area (Å²) >= 11 is 0. The molecule has 1 aromatic carbocycles.